The molecule has 0 N–H and O–H groups in total. The van der Waals surface area contributed by atoms with E-state index in [1.165, 1.54) is 12.1 Å². The number of carbonyl (C=O) groups is 1. The number of esters is 1. The van der Waals surface area contributed by atoms with Gasteiger partial charge in [-0.05, 0) is 56.9 Å². The average molecular weight is 386 g/mol. The van der Waals surface area contributed by atoms with Crippen molar-refractivity contribution in [3.63, 3.8) is 0 Å². The number of para-hydroxylation sites is 1. The number of anilines is 2. The second-order valence-electron chi connectivity index (χ2n) is 6.85. The Morgan fingerprint density at radius 2 is 1.86 bits per heavy atom. The smallest absolute Gasteiger partial charge is 0.308 e. The van der Waals surface area contributed by atoms with Crippen LogP contribution in [0.2, 0.25) is 0 Å². The zero-order chi connectivity index (χ0) is 20.1. The van der Waals surface area contributed by atoms with Crippen LogP contribution >= 0.6 is 0 Å². The molecule has 0 unspecified atom stereocenters. The van der Waals surface area contributed by atoms with Crippen LogP contribution in [0.3, 0.4) is 0 Å². The lowest BCUT2D eigenvalue weighted by Crippen LogP contribution is -2.37. The molecule has 1 aliphatic carbocycles. The maximum Gasteiger partial charge on any atom is 0.308 e. The number of rotatable bonds is 6. The minimum absolute atomic E-state index is 0.0303. The number of nitrogens with zero attached hydrogens (tertiary/aromatic N) is 2. The van der Waals surface area contributed by atoms with E-state index in [1.54, 1.807) is 6.92 Å². The highest BCUT2D eigenvalue weighted by Gasteiger charge is 2.33. The number of ether oxygens (including phenoxy) is 1. The number of hydrogen-bond acceptors (Lipinski definition) is 5. The van der Waals surface area contributed by atoms with Crippen LogP contribution in [-0.4, -0.2) is 23.5 Å². The molecule has 148 valence electrons. The Morgan fingerprint density at radius 3 is 2.46 bits per heavy atom. The van der Waals surface area contributed by atoms with Crippen LogP contribution in [0.1, 0.15) is 32.6 Å². The highest BCUT2D eigenvalue weighted by atomic mass is 19.1. The van der Waals surface area contributed by atoms with E-state index in [4.69, 9.17) is 4.74 Å². The van der Waals surface area contributed by atoms with Gasteiger partial charge in [-0.1, -0.05) is 18.2 Å². The number of carbonyl (C=O) groups excluding carboxylic acids is 1. The van der Waals surface area contributed by atoms with Crippen LogP contribution < -0.4 is 4.90 Å². The summed E-state index contributed by atoms with van der Waals surface area (Å²) in [4.78, 5) is 24.9. The van der Waals surface area contributed by atoms with Crippen LogP contribution in [0.15, 0.2) is 48.5 Å². The Labute approximate surface area is 163 Å². The minimum atomic E-state index is -0.644. The lowest BCUT2D eigenvalue weighted by Gasteiger charge is -2.37. The summed E-state index contributed by atoms with van der Waals surface area (Å²) >= 11 is 0. The fourth-order valence-corrected chi connectivity index (χ4v) is 3.81. The van der Waals surface area contributed by atoms with Gasteiger partial charge in [0.2, 0.25) is 0 Å². The first-order valence-electron chi connectivity index (χ1n) is 9.46. The summed E-state index contributed by atoms with van der Waals surface area (Å²) < 4.78 is 18.8. The molecule has 7 heteroatoms. The summed E-state index contributed by atoms with van der Waals surface area (Å²) in [5.74, 6) is -0.966. The number of halogens is 1. The summed E-state index contributed by atoms with van der Waals surface area (Å²) in [5, 5.41) is 11.6. The molecule has 0 radical (unpaired) electrons. The van der Waals surface area contributed by atoms with Gasteiger partial charge in [0.05, 0.1) is 23.5 Å². The zero-order valence-electron chi connectivity index (χ0n) is 15.7. The monoisotopic (exact) mass is 386 g/mol. The predicted molar refractivity (Wildman–Crippen MR) is 104 cm³/mol. The van der Waals surface area contributed by atoms with Gasteiger partial charge in [0.15, 0.2) is 0 Å². The summed E-state index contributed by atoms with van der Waals surface area (Å²) in [7, 11) is 0. The van der Waals surface area contributed by atoms with Gasteiger partial charge in [0.1, 0.15) is 11.5 Å². The summed E-state index contributed by atoms with van der Waals surface area (Å²) in [6, 6.07) is 13.0. The first-order chi connectivity index (χ1) is 13.5. The maximum absolute atomic E-state index is 13.7. The molecule has 0 saturated heterocycles. The van der Waals surface area contributed by atoms with E-state index in [1.807, 2.05) is 35.2 Å². The van der Waals surface area contributed by atoms with Gasteiger partial charge < -0.3 is 9.64 Å². The molecule has 1 fully saturated rings. The molecule has 1 saturated carbocycles. The van der Waals surface area contributed by atoms with Gasteiger partial charge in [-0.2, -0.15) is 0 Å². The van der Waals surface area contributed by atoms with Gasteiger partial charge in [0.25, 0.3) is 5.69 Å². The normalized spacial score (nSPS) is 19.1. The molecule has 0 amide bonds. The molecule has 0 aliphatic heterocycles. The number of hydrogen-bond donors (Lipinski definition) is 0. The predicted octanol–water partition coefficient (Wildman–Crippen LogP) is 4.99. The van der Waals surface area contributed by atoms with E-state index >= 15 is 0 Å². The van der Waals surface area contributed by atoms with Crippen LogP contribution in [0.5, 0.6) is 0 Å². The van der Waals surface area contributed by atoms with Crippen molar-refractivity contribution in [1.29, 1.82) is 0 Å². The Balaban J connectivity index is 1.93. The lowest BCUT2D eigenvalue weighted by molar-refractivity contribution is -0.384. The first kappa shape index (κ1) is 19.8. The van der Waals surface area contributed by atoms with Gasteiger partial charge in [0, 0.05) is 11.7 Å². The van der Waals surface area contributed by atoms with Gasteiger partial charge >= 0.3 is 5.97 Å². The molecule has 0 atom stereocenters. The maximum atomic E-state index is 13.7. The molecule has 0 bridgehead atoms. The largest absolute Gasteiger partial charge is 0.466 e. The highest BCUT2D eigenvalue weighted by molar-refractivity contribution is 5.74. The van der Waals surface area contributed by atoms with Crippen molar-refractivity contribution < 1.29 is 18.8 Å². The Kier molecular flexibility index (Phi) is 6.23. The van der Waals surface area contributed by atoms with Crippen LogP contribution in [0.4, 0.5) is 21.5 Å². The molecule has 0 aromatic heterocycles. The average Bonchev–Trinajstić information content (AvgIpc) is 2.70. The molecule has 3 rings (SSSR count). The fraction of sp³-hybridized carbons (Fsp3) is 0.381. The van der Waals surface area contributed by atoms with Crippen LogP contribution in [-0.2, 0) is 9.53 Å². The standard InChI is InChI=1S/C21H23FN2O4/c1-2-28-21(25)15-8-11-18(12-9-15)23(17-6-4-3-5-7-17)19-13-10-16(22)14-20(19)24(26)27/h3-7,10,13-15,18H,2,8-9,11-12H2,1H3. The van der Waals surface area contributed by atoms with Crippen LogP contribution in [0.25, 0.3) is 0 Å². The molecule has 1 aliphatic rings. The topological polar surface area (TPSA) is 72.7 Å². The SMILES string of the molecule is CCOC(=O)C1CCC(N(c2ccccc2)c2ccc(F)cc2[N+](=O)[O-])CC1. The molecular weight excluding hydrogens is 363 g/mol. The Hall–Kier alpha value is -2.96. The third-order valence-corrected chi connectivity index (χ3v) is 5.11. The van der Waals surface area contributed by atoms with E-state index in [2.05, 4.69) is 0 Å². The fourth-order valence-electron chi connectivity index (χ4n) is 3.81. The third kappa shape index (κ3) is 4.30. The van der Waals surface area contributed by atoms with E-state index in [9.17, 15) is 19.3 Å². The van der Waals surface area contributed by atoms with Crippen molar-refractivity contribution in [2.45, 2.75) is 38.6 Å². The molecular formula is C21H23FN2O4. The summed E-state index contributed by atoms with van der Waals surface area (Å²) in [5.41, 5.74) is 0.894. The Bertz CT molecular complexity index is 836. The van der Waals surface area contributed by atoms with Crippen molar-refractivity contribution >= 4 is 23.0 Å². The van der Waals surface area contributed by atoms with Gasteiger partial charge in [-0.15, -0.1) is 0 Å². The van der Waals surface area contributed by atoms with Crippen molar-refractivity contribution in [3.8, 4) is 0 Å². The first-order valence-corrected chi connectivity index (χ1v) is 9.46. The Morgan fingerprint density at radius 1 is 1.18 bits per heavy atom. The van der Waals surface area contributed by atoms with Crippen molar-refractivity contribution in [1.82, 2.24) is 0 Å². The third-order valence-electron chi connectivity index (χ3n) is 5.11. The molecule has 0 heterocycles. The number of benzene rings is 2. The molecule has 0 spiro atoms. The quantitative estimate of drug-likeness (QED) is 0.397. The second-order valence-corrected chi connectivity index (χ2v) is 6.85. The van der Waals surface area contributed by atoms with E-state index in [0.717, 1.165) is 11.8 Å². The van der Waals surface area contributed by atoms with Gasteiger partial charge in [-0.3, -0.25) is 14.9 Å². The molecule has 6 nitrogen and oxygen atoms in total. The molecule has 2 aromatic carbocycles. The number of nitro benzene ring substituents is 1. The lowest BCUT2D eigenvalue weighted by atomic mass is 9.85. The van der Waals surface area contributed by atoms with Crippen LogP contribution in [0, 0.1) is 21.8 Å². The van der Waals surface area contributed by atoms with Crippen molar-refractivity contribution in [2.24, 2.45) is 5.92 Å². The highest BCUT2D eigenvalue weighted by Crippen LogP contribution is 2.40. The number of nitro groups is 1. The molecule has 28 heavy (non-hydrogen) atoms. The van der Waals surface area contributed by atoms with Crippen molar-refractivity contribution in [2.75, 3.05) is 11.5 Å². The van der Waals surface area contributed by atoms with E-state index in [0.29, 0.717) is 38.0 Å². The second kappa shape index (κ2) is 8.82. The molecule has 2 aromatic rings. The van der Waals surface area contributed by atoms with E-state index in [-0.39, 0.29) is 23.6 Å². The minimum Gasteiger partial charge on any atom is -0.466 e. The van der Waals surface area contributed by atoms with E-state index < -0.39 is 10.7 Å². The summed E-state index contributed by atoms with van der Waals surface area (Å²) in [6.45, 7) is 2.14. The summed E-state index contributed by atoms with van der Waals surface area (Å²) in [6.07, 6.45) is 2.68. The van der Waals surface area contributed by atoms with Crippen molar-refractivity contribution in [3.05, 3.63) is 64.5 Å². The zero-order valence-corrected chi connectivity index (χ0v) is 15.7. The van der Waals surface area contributed by atoms with Gasteiger partial charge in [-0.25, -0.2) is 4.39 Å².